The molecular weight excluding hydrogens is 395 g/mol. The number of nitrogens with zero attached hydrogens (tertiary/aromatic N) is 2. The summed E-state index contributed by atoms with van der Waals surface area (Å²) in [5.74, 6) is -1.27. The first-order chi connectivity index (χ1) is 14.0. The van der Waals surface area contributed by atoms with Gasteiger partial charge in [0.05, 0.1) is 6.54 Å². The van der Waals surface area contributed by atoms with Gasteiger partial charge in [-0.15, -0.1) is 0 Å². The lowest BCUT2D eigenvalue weighted by Crippen LogP contribution is -2.20. The van der Waals surface area contributed by atoms with Crippen molar-refractivity contribution < 1.29 is 19.1 Å². The van der Waals surface area contributed by atoms with Gasteiger partial charge in [-0.2, -0.15) is 0 Å². The Morgan fingerprint density at radius 1 is 1.24 bits per heavy atom. The second-order valence-electron chi connectivity index (χ2n) is 6.77. The maximum Gasteiger partial charge on any atom is 0.322 e. The van der Waals surface area contributed by atoms with Crippen LogP contribution in [0.4, 0.5) is 21.0 Å². The second kappa shape index (κ2) is 8.04. The number of amides is 1. The van der Waals surface area contributed by atoms with Crippen molar-refractivity contribution in [1.29, 1.82) is 0 Å². The third-order valence-corrected chi connectivity index (χ3v) is 5.75. The molecule has 150 valence electrons. The number of thiazole rings is 1. The van der Waals surface area contributed by atoms with Crippen LogP contribution < -0.4 is 15.5 Å². The quantitative estimate of drug-likeness (QED) is 0.571. The van der Waals surface area contributed by atoms with Gasteiger partial charge >= 0.3 is 5.97 Å². The zero-order valence-corrected chi connectivity index (χ0v) is 16.2. The van der Waals surface area contributed by atoms with Gasteiger partial charge in [0.2, 0.25) is 0 Å². The predicted octanol–water partition coefficient (Wildman–Crippen LogP) is 3.59. The van der Waals surface area contributed by atoms with Crippen LogP contribution in [0, 0.1) is 0 Å². The molecule has 0 spiro atoms. The van der Waals surface area contributed by atoms with Crippen LogP contribution in [-0.4, -0.2) is 47.8 Å². The molecule has 0 bridgehead atoms. The highest BCUT2D eigenvalue weighted by Gasteiger charge is 2.27. The number of carboxylic acid groups (broad SMARTS) is 1. The topological polar surface area (TPSA) is 94.6 Å². The van der Waals surface area contributed by atoms with Crippen molar-refractivity contribution in [2.45, 2.75) is 12.6 Å². The summed E-state index contributed by atoms with van der Waals surface area (Å²) in [5.41, 5.74) is 0.623. The molecule has 1 atom stereocenters. The number of carbonyl (C=O) groups excluding carboxylic acids is 1. The van der Waals surface area contributed by atoms with Crippen molar-refractivity contribution in [2.24, 2.45) is 0 Å². The van der Waals surface area contributed by atoms with Gasteiger partial charge in [0.15, 0.2) is 10.9 Å². The van der Waals surface area contributed by atoms with Gasteiger partial charge in [-0.1, -0.05) is 41.7 Å². The fourth-order valence-corrected chi connectivity index (χ4v) is 4.20. The molecule has 3 aromatic rings. The number of rotatable bonds is 6. The summed E-state index contributed by atoms with van der Waals surface area (Å²) < 4.78 is 13.6. The van der Waals surface area contributed by atoms with E-state index < -0.39 is 18.0 Å². The number of aliphatic carboxylic acids is 1. The van der Waals surface area contributed by atoms with Crippen molar-refractivity contribution in [3.63, 3.8) is 0 Å². The minimum Gasteiger partial charge on any atom is -0.480 e. The number of hydrogen-bond donors (Lipinski definition) is 3. The zero-order valence-electron chi connectivity index (χ0n) is 15.4. The Kier molecular flexibility index (Phi) is 5.30. The normalized spacial score (nSPS) is 16.2. The SMILES string of the molecule is O=C(O)CNc1nc(N2CC[C@H](F)C2)sc1C(=O)Nc1ccc2ccccc2c1. The molecule has 0 saturated carbocycles. The van der Waals surface area contributed by atoms with Crippen molar-refractivity contribution >= 4 is 50.6 Å². The molecule has 0 radical (unpaired) electrons. The summed E-state index contributed by atoms with van der Waals surface area (Å²) in [6.07, 6.45) is -0.514. The molecule has 4 rings (SSSR count). The number of carboxylic acids is 1. The molecule has 1 fully saturated rings. The number of alkyl halides is 1. The Labute approximate surface area is 170 Å². The molecule has 3 N–H and O–H groups in total. The van der Waals surface area contributed by atoms with Crippen molar-refractivity contribution in [3.05, 3.63) is 47.3 Å². The standard InChI is InChI=1S/C20H19FN4O3S/c21-14-7-8-25(11-14)20-24-18(22-10-16(26)27)17(29-20)19(28)23-15-6-5-12-3-1-2-4-13(12)9-15/h1-6,9,14,22H,7-8,10-11H2,(H,23,28)(H,26,27)/t14-/m0/s1. The number of fused-ring (bicyclic) bond motifs is 1. The van der Waals surface area contributed by atoms with Crippen LogP contribution in [0.3, 0.4) is 0 Å². The van der Waals surface area contributed by atoms with E-state index in [4.69, 9.17) is 5.11 Å². The van der Waals surface area contributed by atoms with E-state index in [-0.39, 0.29) is 23.8 Å². The van der Waals surface area contributed by atoms with Crippen molar-refractivity contribution in [3.8, 4) is 0 Å². The molecule has 1 aromatic heterocycles. The van der Waals surface area contributed by atoms with E-state index in [1.807, 2.05) is 36.4 Å². The van der Waals surface area contributed by atoms with E-state index in [9.17, 15) is 14.0 Å². The summed E-state index contributed by atoms with van der Waals surface area (Å²) in [4.78, 5) is 30.2. The molecule has 0 aliphatic carbocycles. The molecule has 2 heterocycles. The monoisotopic (exact) mass is 414 g/mol. The largest absolute Gasteiger partial charge is 0.480 e. The number of hydrogen-bond acceptors (Lipinski definition) is 6. The molecule has 1 saturated heterocycles. The van der Waals surface area contributed by atoms with Crippen LogP contribution in [0.15, 0.2) is 42.5 Å². The van der Waals surface area contributed by atoms with Gasteiger partial charge < -0.3 is 20.6 Å². The molecule has 7 nitrogen and oxygen atoms in total. The van der Waals surface area contributed by atoms with Crippen LogP contribution in [0.1, 0.15) is 16.1 Å². The Bertz CT molecular complexity index is 1070. The fraction of sp³-hybridized carbons (Fsp3) is 0.250. The van der Waals surface area contributed by atoms with E-state index in [1.54, 1.807) is 11.0 Å². The van der Waals surface area contributed by atoms with Crippen LogP contribution in [0.25, 0.3) is 10.8 Å². The average Bonchev–Trinajstić information content (AvgIpc) is 3.32. The van der Waals surface area contributed by atoms with Gasteiger partial charge in [-0.05, 0) is 29.3 Å². The first-order valence-electron chi connectivity index (χ1n) is 9.15. The molecule has 1 amide bonds. The number of nitrogens with one attached hydrogen (secondary N) is 2. The van der Waals surface area contributed by atoms with Crippen LogP contribution in [-0.2, 0) is 4.79 Å². The third-order valence-electron chi connectivity index (χ3n) is 4.64. The molecule has 9 heteroatoms. The molecule has 29 heavy (non-hydrogen) atoms. The van der Waals surface area contributed by atoms with Gasteiger partial charge in [-0.25, -0.2) is 9.37 Å². The van der Waals surface area contributed by atoms with Gasteiger partial charge in [0.1, 0.15) is 17.6 Å². The summed E-state index contributed by atoms with van der Waals surface area (Å²) in [6.45, 7) is 0.363. The van der Waals surface area contributed by atoms with E-state index in [2.05, 4.69) is 15.6 Å². The van der Waals surface area contributed by atoms with E-state index in [0.717, 1.165) is 22.1 Å². The number of aromatic nitrogens is 1. The fourth-order valence-electron chi connectivity index (χ4n) is 3.22. The number of carbonyl (C=O) groups is 2. The van der Waals surface area contributed by atoms with Crippen LogP contribution in [0.2, 0.25) is 0 Å². The summed E-state index contributed by atoms with van der Waals surface area (Å²) in [6, 6.07) is 13.4. The predicted molar refractivity (Wildman–Crippen MR) is 112 cm³/mol. The first-order valence-corrected chi connectivity index (χ1v) is 9.97. The average molecular weight is 414 g/mol. The third kappa shape index (κ3) is 4.29. The molecule has 2 aromatic carbocycles. The maximum atomic E-state index is 13.6. The van der Waals surface area contributed by atoms with Gasteiger partial charge in [0, 0.05) is 12.2 Å². The highest BCUT2D eigenvalue weighted by Crippen LogP contribution is 2.33. The van der Waals surface area contributed by atoms with E-state index >= 15 is 0 Å². The molecule has 1 aliphatic heterocycles. The Hall–Kier alpha value is -3.20. The van der Waals surface area contributed by atoms with Crippen molar-refractivity contribution in [2.75, 3.05) is 35.2 Å². The van der Waals surface area contributed by atoms with Gasteiger partial charge in [-0.3, -0.25) is 9.59 Å². The minimum absolute atomic E-state index is 0.188. The summed E-state index contributed by atoms with van der Waals surface area (Å²) in [5, 5.41) is 17.0. The van der Waals surface area contributed by atoms with Gasteiger partial charge in [0.25, 0.3) is 5.91 Å². The Morgan fingerprint density at radius 3 is 2.76 bits per heavy atom. The summed E-state index contributed by atoms with van der Waals surface area (Å²) in [7, 11) is 0. The maximum absolute atomic E-state index is 13.6. The zero-order chi connectivity index (χ0) is 20.4. The highest BCUT2D eigenvalue weighted by atomic mass is 32.1. The molecule has 0 unspecified atom stereocenters. The Balaban J connectivity index is 1.59. The summed E-state index contributed by atoms with van der Waals surface area (Å²) >= 11 is 1.12. The van der Waals surface area contributed by atoms with Crippen LogP contribution in [0.5, 0.6) is 0 Å². The van der Waals surface area contributed by atoms with E-state index in [1.165, 1.54) is 0 Å². The highest BCUT2D eigenvalue weighted by molar-refractivity contribution is 7.18. The van der Waals surface area contributed by atoms with Crippen LogP contribution >= 0.6 is 11.3 Å². The first kappa shape index (κ1) is 19.1. The number of halogens is 1. The molecule has 1 aliphatic rings. The lowest BCUT2D eigenvalue weighted by molar-refractivity contribution is -0.134. The second-order valence-corrected chi connectivity index (χ2v) is 7.75. The minimum atomic E-state index is -1.06. The lowest BCUT2D eigenvalue weighted by Gasteiger charge is -2.12. The smallest absolute Gasteiger partial charge is 0.322 e. The molecular formula is C20H19FN4O3S. The Morgan fingerprint density at radius 2 is 2.03 bits per heavy atom. The van der Waals surface area contributed by atoms with E-state index in [0.29, 0.717) is 23.8 Å². The number of benzene rings is 2. The van der Waals surface area contributed by atoms with Crippen molar-refractivity contribution in [1.82, 2.24) is 4.98 Å². The number of anilines is 3. The lowest BCUT2D eigenvalue weighted by atomic mass is 10.1.